The summed E-state index contributed by atoms with van der Waals surface area (Å²) < 4.78 is 41.6. The molecule has 0 spiro atoms. The van der Waals surface area contributed by atoms with Gasteiger partial charge in [0.05, 0.1) is 36.5 Å². The number of rotatable bonds is 8. The van der Waals surface area contributed by atoms with Crippen LogP contribution in [-0.4, -0.2) is 69.2 Å². The van der Waals surface area contributed by atoms with E-state index in [2.05, 4.69) is 15.5 Å². The number of urea groups is 1. The number of ether oxygens (including phenoxy) is 1. The fraction of sp³-hybridized carbons (Fsp3) is 0.393. The van der Waals surface area contributed by atoms with E-state index in [1.54, 1.807) is 24.3 Å². The van der Waals surface area contributed by atoms with Gasteiger partial charge in [0, 0.05) is 30.4 Å². The zero-order valence-corrected chi connectivity index (χ0v) is 23.0. The third-order valence-corrected chi connectivity index (χ3v) is 10.1. The molecule has 1 atom stereocenters. The maximum Gasteiger partial charge on any atom is 0.319 e. The van der Waals surface area contributed by atoms with Crippen molar-refractivity contribution in [1.29, 1.82) is 0 Å². The Hall–Kier alpha value is -3.29. The molecular formula is C28H34FN5O5S. The number of carbonyl (C=O) groups is 1. The van der Waals surface area contributed by atoms with Gasteiger partial charge in [0.2, 0.25) is 0 Å². The van der Waals surface area contributed by atoms with E-state index in [4.69, 9.17) is 19.8 Å². The second-order valence-electron chi connectivity index (χ2n) is 10.1. The molecule has 5 N–H and O–H groups in total. The lowest BCUT2D eigenvalue weighted by molar-refractivity contribution is 0.0985. The molecule has 10 nitrogen and oxygen atoms in total. The first-order valence-corrected chi connectivity index (χ1v) is 14.8. The number of amides is 2. The van der Waals surface area contributed by atoms with Crippen LogP contribution in [0, 0.1) is 5.82 Å². The van der Waals surface area contributed by atoms with Crippen molar-refractivity contribution in [3.63, 3.8) is 0 Å². The zero-order valence-electron chi connectivity index (χ0n) is 22.2. The Balaban J connectivity index is 1.55. The summed E-state index contributed by atoms with van der Waals surface area (Å²) in [5.41, 5.74) is 1.78. The van der Waals surface area contributed by atoms with E-state index in [-0.39, 0.29) is 24.1 Å². The Labute approximate surface area is 234 Å². The summed E-state index contributed by atoms with van der Waals surface area (Å²) in [5.74, 6) is 0.642. The first-order valence-electron chi connectivity index (χ1n) is 13.3. The molecule has 1 saturated heterocycles. The van der Waals surface area contributed by atoms with E-state index in [1.165, 1.54) is 24.3 Å². The van der Waals surface area contributed by atoms with Gasteiger partial charge in [-0.25, -0.2) is 19.2 Å². The van der Waals surface area contributed by atoms with Gasteiger partial charge < -0.3 is 25.4 Å². The van der Waals surface area contributed by atoms with Gasteiger partial charge in [0.15, 0.2) is 5.82 Å². The molecule has 1 aromatic heterocycles. The summed E-state index contributed by atoms with van der Waals surface area (Å²) in [7, 11) is -3.39. The Morgan fingerprint density at radius 3 is 2.50 bits per heavy atom. The lowest BCUT2D eigenvalue weighted by Gasteiger charge is -2.55. The number of anilines is 2. The standard InChI is InChI=1S/C28H34FN5O5S/c1-19-18-39-16-14-34(19)25-17-24(28(11-2-12-28)40(37,38)23-9-5-21(29)6-10-23)32-26(33-25)20-3-7-22(8-4-20)31-27(36)30-13-15-35/h3-10,17,19,35,37-38H,2,11-16,18H2,1H3,(H2,30,31,36)/t19-/m0/s1. The van der Waals surface area contributed by atoms with Crippen LogP contribution in [-0.2, 0) is 9.48 Å². The summed E-state index contributed by atoms with van der Waals surface area (Å²) in [6.07, 6.45) is 1.85. The minimum absolute atomic E-state index is 0.0585. The van der Waals surface area contributed by atoms with E-state index in [0.717, 1.165) is 6.42 Å². The number of aliphatic hydroxyl groups excluding tert-OH is 1. The average molecular weight is 572 g/mol. The third kappa shape index (κ3) is 5.50. The molecule has 5 rings (SSSR count). The van der Waals surface area contributed by atoms with Gasteiger partial charge in [-0.05, 0) is 74.7 Å². The Kier molecular flexibility index (Phi) is 8.24. The maximum absolute atomic E-state index is 13.7. The highest BCUT2D eigenvalue weighted by molar-refractivity contribution is 8.25. The molecule has 214 valence electrons. The predicted molar refractivity (Wildman–Crippen MR) is 152 cm³/mol. The molecule has 2 amide bonds. The molecule has 12 heteroatoms. The SMILES string of the molecule is C[C@H]1COCCN1c1cc(C2(S(O)(O)c3ccc(F)cc3)CCC2)nc(-c2ccc(NC(=O)NCCO)cc2)n1. The van der Waals surface area contributed by atoms with Crippen molar-refractivity contribution < 1.29 is 28.1 Å². The van der Waals surface area contributed by atoms with E-state index in [0.29, 0.717) is 61.2 Å². The Morgan fingerprint density at radius 1 is 1.15 bits per heavy atom. The number of hydrogen-bond donors (Lipinski definition) is 5. The second-order valence-corrected chi connectivity index (χ2v) is 12.4. The monoisotopic (exact) mass is 571 g/mol. The van der Waals surface area contributed by atoms with Gasteiger partial charge in [-0.2, -0.15) is 10.6 Å². The van der Waals surface area contributed by atoms with Crippen molar-refractivity contribution in [3.05, 3.63) is 66.1 Å². The molecule has 1 aliphatic heterocycles. The zero-order chi connectivity index (χ0) is 28.3. The van der Waals surface area contributed by atoms with Crippen LogP contribution in [0.3, 0.4) is 0 Å². The number of hydrogen-bond acceptors (Lipinski definition) is 8. The van der Waals surface area contributed by atoms with Crippen molar-refractivity contribution in [3.8, 4) is 11.4 Å². The number of morpholine rings is 1. The number of aliphatic hydroxyl groups is 1. The number of nitrogens with zero attached hydrogens (tertiary/aromatic N) is 3. The van der Waals surface area contributed by atoms with E-state index in [1.807, 2.05) is 13.0 Å². The second kappa shape index (κ2) is 11.7. The number of carbonyl (C=O) groups excluding carboxylic acids is 1. The quantitative estimate of drug-likeness (QED) is 0.260. The minimum Gasteiger partial charge on any atom is -0.395 e. The molecule has 2 heterocycles. The lowest BCUT2D eigenvalue weighted by Crippen LogP contribution is -2.45. The highest BCUT2D eigenvalue weighted by atomic mass is 32.3. The fourth-order valence-electron chi connectivity index (χ4n) is 5.09. The third-order valence-electron chi connectivity index (χ3n) is 7.49. The van der Waals surface area contributed by atoms with Crippen LogP contribution in [0.4, 0.5) is 20.7 Å². The highest BCUT2D eigenvalue weighted by Gasteiger charge is 2.52. The lowest BCUT2D eigenvalue weighted by atomic mass is 9.81. The molecular weight excluding hydrogens is 537 g/mol. The Morgan fingerprint density at radius 2 is 1.88 bits per heavy atom. The normalized spacial score (nSPS) is 19.0. The Bertz CT molecular complexity index is 1340. The summed E-state index contributed by atoms with van der Waals surface area (Å²) in [6.45, 7) is 3.76. The fourth-order valence-corrected chi connectivity index (χ4v) is 7.31. The first kappa shape index (κ1) is 28.2. The summed E-state index contributed by atoms with van der Waals surface area (Å²) in [6, 6.07) is 13.9. The van der Waals surface area contributed by atoms with Crippen LogP contribution in [0.1, 0.15) is 31.9 Å². The summed E-state index contributed by atoms with van der Waals surface area (Å²) in [4.78, 5) is 24.1. The molecule has 0 unspecified atom stereocenters. The van der Waals surface area contributed by atoms with Crippen molar-refractivity contribution in [2.75, 3.05) is 43.1 Å². The molecule has 0 radical (unpaired) electrons. The van der Waals surface area contributed by atoms with Crippen LogP contribution in [0.15, 0.2) is 59.5 Å². The van der Waals surface area contributed by atoms with Crippen LogP contribution >= 0.6 is 10.6 Å². The number of benzene rings is 2. The predicted octanol–water partition coefficient (Wildman–Crippen LogP) is 4.81. The summed E-state index contributed by atoms with van der Waals surface area (Å²) in [5, 5.41) is 14.1. The minimum atomic E-state index is -3.39. The van der Waals surface area contributed by atoms with Gasteiger partial charge >= 0.3 is 6.03 Å². The van der Waals surface area contributed by atoms with E-state index in [9.17, 15) is 18.3 Å². The topological polar surface area (TPSA) is 140 Å². The van der Waals surface area contributed by atoms with Gasteiger partial charge in [-0.15, -0.1) is 0 Å². The highest BCUT2D eigenvalue weighted by Crippen LogP contribution is 2.71. The average Bonchev–Trinajstić information content (AvgIpc) is 2.92. The van der Waals surface area contributed by atoms with Crippen LogP contribution < -0.4 is 15.5 Å². The molecule has 0 bridgehead atoms. The van der Waals surface area contributed by atoms with Gasteiger partial charge in [-0.3, -0.25) is 9.11 Å². The van der Waals surface area contributed by atoms with Crippen molar-refractivity contribution in [2.24, 2.45) is 0 Å². The van der Waals surface area contributed by atoms with Crippen LogP contribution in [0.5, 0.6) is 0 Å². The number of nitrogens with one attached hydrogen (secondary N) is 2. The van der Waals surface area contributed by atoms with Crippen LogP contribution in [0.25, 0.3) is 11.4 Å². The molecule has 1 aliphatic carbocycles. The summed E-state index contributed by atoms with van der Waals surface area (Å²) >= 11 is 0. The number of aromatic nitrogens is 2. The molecule has 2 aromatic carbocycles. The maximum atomic E-state index is 13.7. The van der Waals surface area contributed by atoms with Crippen molar-refractivity contribution in [2.45, 2.75) is 41.9 Å². The van der Waals surface area contributed by atoms with E-state index < -0.39 is 27.2 Å². The molecule has 40 heavy (non-hydrogen) atoms. The number of halogens is 1. The van der Waals surface area contributed by atoms with Crippen molar-refractivity contribution in [1.82, 2.24) is 15.3 Å². The molecule has 2 fully saturated rings. The van der Waals surface area contributed by atoms with Crippen molar-refractivity contribution >= 4 is 28.1 Å². The van der Waals surface area contributed by atoms with Crippen LogP contribution in [0.2, 0.25) is 0 Å². The first-order chi connectivity index (χ1) is 19.2. The van der Waals surface area contributed by atoms with E-state index >= 15 is 0 Å². The molecule has 3 aromatic rings. The van der Waals surface area contributed by atoms with Gasteiger partial charge in [0.25, 0.3) is 0 Å². The van der Waals surface area contributed by atoms with Gasteiger partial charge in [0.1, 0.15) is 16.4 Å². The van der Waals surface area contributed by atoms with Gasteiger partial charge in [-0.1, -0.05) is 0 Å². The molecule has 2 aliphatic rings. The molecule has 1 saturated carbocycles. The largest absolute Gasteiger partial charge is 0.395 e. The smallest absolute Gasteiger partial charge is 0.319 e.